The Balaban J connectivity index is 1.24. The van der Waals surface area contributed by atoms with E-state index in [9.17, 15) is 9.90 Å². The number of aromatic carboxylic acids is 1. The molecule has 6 nitrogen and oxygen atoms in total. The van der Waals surface area contributed by atoms with Gasteiger partial charge < -0.3 is 19.7 Å². The molecule has 30 heavy (non-hydrogen) atoms. The standard InChI is InChI=1S/C23H27NO5S/c1-12-7-13-3-2-4-14(13)8-20(12)28-10-16-15-5-6-19(29-21(15)9-18(16)25)22-24-17(11-30-22)23(26)27/h7-8,11,15-16,18-19,21,25H,2-6,9-10H2,1H3,(H,26,27)/t15-,16-,18-,19-,21+/m1/s1. The number of aliphatic hydroxyl groups is 1. The highest BCUT2D eigenvalue weighted by Crippen LogP contribution is 2.46. The van der Waals surface area contributed by atoms with Crippen LogP contribution in [0.1, 0.15) is 64.0 Å². The van der Waals surface area contributed by atoms with Gasteiger partial charge in [-0.25, -0.2) is 9.78 Å². The molecule has 2 aliphatic carbocycles. The van der Waals surface area contributed by atoms with Crippen LogP contribution in [0.15, 0.2) is 17.5 Å². The molecule has 160 valence electrons. The predicted molar refractivity (Wildman–Crippen MR) is 112 cm³/mol. The molecule has 1 aromatic carbocycles. The summed E-state index contributed by atoms with van der Waals surface area (Å²) in [5, 5.41) is 22.1. The van der Waals surface area contributed by atoms with Crippen LogP contribution in [0.25, 0.3) is 0 Å². The van der Waals surface area contributed by atoms with Gasteiger partial charge in [0.25, 0.3) is 0 Å². The van der Waals surface area contributed by atoms with Crippen LogP contribution in [0.2, 0.25) is 0 Å². The van der Waals surface area contributed by atoms with Crippen molar-refractivity contribution in [3.8, 4) is 5.75 Å². The number of carboxylic acids is 1. The number of aryl methyl sites for hydroxylation is 3. The molecule has 2 fully saturated rings. The zero-order valence-corrected chi connectivity index (χ0v) is 17.9. The number of hydrogen-bond acceptors (Lipinski definition) is 6. The third-order valence-corrected chi connectivity index (χ3v) is 7.87. The van der Waals surface area contributed by atoms with Gasteiger partial charge in [-0.3, -0.25) is 0 Å². The molecule has 1 aliphatic heterocycles. The number of aliphatic hydroxyl groups excluding tert-OH is 1. The van der Waals surface area contributed by atoms with E-state index in [2.05, 4.69) is 24.0 Å². The highest BCUT2D eigenvalue weighted by Gasteiger charge is 2.47. The minimum atomic E-state index is -1.01. The fourth-order valence-electron chi connectivity index (χ4n) is 5.34. The van der Waals surface area contributed by atoms with E-state index in [1.807, 2.05) is 0 Å². The largest absolute Gasteiger partial charge is 0.493 e. The smallest absolute Gasteiger partial charge is 0.355 e. The lowest BCUT2D eigenvalue weighted by Crippen LogP contribution is -2.33. The summed E-state index contributed by atoms with van der Waals surface area (Å²) in [6.07, 6.45) is 5.14. The van der Waals surface area contributed by atoms with E-state index in [0.29, 0.717) is 18.0 Å². The lowest BCUT2D eigenvalue weighted by Gasteiger charge is -2.34. The van der Waals surface area contributed by atoms with Crippen LogP contribution < -0.4 is 4.74 Å². The zero-order valence-electron chi connectivity index (χ0n) is 17.0. The SMILES string of the molecule is Cc1cc2c(cc1OC[C@@H]1[C@H]3CC[C@H](c4nc(C(=O)O)cs4)O[C@H]3C[C@H]1O)CCC2. The summed E-state index contributed by atoms with van der Waals surface area (Å²) >= 11 is 1.33. The number of benzene rings is 1. The normalized spacial score (nSPS) is 30.1. The molecule has 1 saturated heterocycles. The van der Waals surface area contributed by atoms with Gasteiger partial charge in [-0.05, 0) is 67.7 Å². The quantitative estimate of drug-likeness (QED) is 0.749. The van der Waals surface area contributed by atoms with Gasteiger partial charge in [-0.1, -0.05) is 6.07 Å². The lowest BCUT2D eigenvalue weighted by molar-refractivity contribution is -0.0812. The number of thiazole rings is 1. The van der Waals surface area contributed by atoms with Crippen LogP contribution in [0.4, 0.5) is 0 Å². The fourth-order valence-corrected chi connectivity index (χ4v) is 6.21. The molecule has 1 aromatic heterocycles. The first-order valence-electron chi connectivity index (χ1n) is 10.8. The van der Waals surface area contributed by atoms with Crippen molar-refractivity contribution in [3.63, 3.8) is 0 Å². The van der Waals surface area contributed by atoms with E-state index >= 15 is 0 Å². The predicted octanol–water partition coefficient (Wildman–Crippen LogP) is 3.93. The van der Waals surface area contributed by atoms with Crippen molar-refractivity contribution in [2.45, 2.75) is 63.8 Å². The molecule has 2 aromatic rings. The Morgan fingerprint density at radius 1 is 1.30 bits per heavy atom. The molecule has 0 radical (unpaired) electrons. The van der Waals surface area contributed by atoms with Crippen molar-refractivity contribution in [3.05, 3.63) is 44.9 Å². The van der Waals surface area contributed by atoms with Crippen LogP contribution in [-0.2, 0) is 17.6 Å². The van der Waals surface area contributed by atoms with Gasteiger partial charge in [0, 0.05) is 17.7 Å². The summed E-state index contributed by atoms with van der Waals surface area (Å²) in [7, 11) is 0. The van der Waals surface area contributed by atoms with Gasteiger partial charge >= 0.3 is 5.97 Å². The van der Waals surface area contributed by atoms with Gasteiger partial charge in [0.05, 0.1) is 18.8 Å². The van der Waals surface area contributed by atoms with Gasteiger partial charge in [-0.2, -0.15) is 0 Å². The highest BCUT2D eigenvalue weighted by molar-refractivity contribution is 7.09. The molecule has 7 heteroatoms. The van der Waals surface area contributed by atoms with Crippen molar-refractivity contribution >= 4 is 17.3 Å². The number of nitrogens with zero attached hydrogens (tertiary/aromatic N) is 1. The van der Waals surface area contributed by atoms with Crippen LogP contribution in [0.3, 0.4) is 0 Å². The Morgan fingerprint density at radius 3 is 2.87 bits per heavy atom. The molecule has 2 N–H and O–H groups in total. The second kappa shape index (κ2) is 7.94. The Morgan fingerprint density at radius 2 is 2.10 bits per heavy atom. The maximum Gasteiger partial charge on any atom is 0.355 e. The molecule has 0 spiro atoms. The Labute approximate surface area is 179 Å². The average molecular weight is 430 g/mol. The molecule has 5 rings (SSSR count). The molecular weight excluding hydrogens is 402 g/mol. The van der Waals surface area contributed by atoms with Crippen molar-refractivity contribution < 1.29 is 24.5 Å². The number of rotatable bonds is 5. The fraction of sp³-hybridized carbons (Fsp3) is 0.565. The first-order chi connectivity index (χ1) is 14.5. The summed E-state index contributed by atoms with van der Waals surface area (Å²) < 4.78 is 12.5. The van der Waals surface area contributed by atoms with Gasteiger partial charge in [-0.15, -0.1) is 11.3 Å². The molecule has 0 amide bonds. The van der Waals surface area contributed by atoms with E-state index in [1.54, 1.807) is 5.38 Å². The molecule has 3 aliphatic rings. The number of carboxylic acid groups (broad SMARTS) is 1. The maximum absolute atomic E-state index is 11.1. The topological polar surface area (TPSA) is 88.9 Å². The monoisotopic (exact) mass is 429 g/mol. The van der Waals surface area contributed by atoms with Crippen LogP contribution in [0.5, 0.6) is 5.75 Å². The molecule has 0 bridgehead atoms. The number of ether oxygens (including phenoxy) is 2. The Kier molecular flexibility index (Phi) is 5.29. The number of aromatic nitrogens is 1. The molecule has 0 unspecified atom stereocenters. The third-order valence-electron chi connectivity index (χ3n) is 6.93. The minimum Gasteiger partial charge on any atom is -0.493 e. The summed E-state index contributed by atoms with van der Waals surface area (Å²) in [5.74, 6) is 0.228. The molecule has 5 atom stereocenters. The Bertz CT molecular complexity index is 957. The van der Waals surface area contributed by atoms with Gasteiger partial charge in [0.1, 0.15) is 16.9 Å². The minimum absolute atomic E-state index is 0.0364. The van der Waals surface area contributed by atoms with E-state index in [-0.39, 0.29) is 29.7 Å². The number of carbonyl (C=O) groups is 1. The first-order valence-corrected chi connectivity index (χ1v) is 11.6. The van der Waals surface area contributed by atoms with Gasteiger partial charge in [0.2, 0.25) is 0 Å². The van der Waals surface area contributed by atoms with E-state index in [0.717, 1.165) is 37.0 Å². The lowest BCUT2D eigenvalue weighted by atomic mass is 9.87. The number of fused-ring (bicyclic) bond motifs is 2. The van der Waals surface area contributed by atoms with E-state index in [1.165, 1.54) is 28.9 Å². The summed E-state index contributed by atoms with van der Waals surface area (Å²) in [5.41, 5.74) is 4.08. The van der Waals surface area contributed by atoms with E-state index < -0.39 is 12.1 Å². The van der Waals surface area contributed by atoms with Crippen LogP contribution in [-0.4, -0.2) is 40.0 Å². The highest BCUT2D eigenvalue weighted by atomic mass is 32.1. The molecule has 2 heterocycles. The van der Waals surface area contributed by atoms with Crippen LogP contribution >= 0.6 is 11.3 Å². The Hall–Kier alpha value is -1.96. The number of hydrogen-bond donors (Lipinski definition) is 2. The molecular formula is C23H27NO5S. The summed E-state index contributed by atoms with van der Waals surface area (Å²) in [4.78, 5) is 15.3. The maximum atomic E-state index is 11.1. The third kappa shape index (κ3) is 3.63. The van der Waals surface area contributed by atoms with E-state index in [4.69, 9.17) is 14.6 Å². The second-order valence-corrected chi connectivity index (χ2v) is 9.69. The molecule has 1 saturated carbocycles. The first kappa shape index (κ1) is 20.0. The van der Waals surface area contributed by atoms with Gasteiger partial charge in [0.15, 0.2) is 5.69 Å². The van der Waals surface area contributed by atoms with Crippen molar-refractivity contribution in [2.75, 3.05) is 6.61 Å². The van der Waals surface area contributed by atoms with Crippen molar-refractivity contribution in [1.82, 2.24) is 4.98 Å². The summed E-state index contributed by atoms with van der Waals surface area (Å²) in [6, 6.07) is 4.44. The average Bonchev–Trinajstić information content (AvgIpc) is 3.43. The second-order valence-electron chi connectivity index (χ2n) is 8.80. The van der Waals surface area contributed by atoms with Crippen molar-refractivity contribution in [1.29, 1.82) is 0 Å². The summed E-state index contributed by atoms with van der Waals surface area (Å²) in [6.45, 7) is 2.59. The van der Waals surface area contributed by atoms with Crippen LogP contribution in [0, 0.1) is 18.8 Å². The zero-order chi connectivity index (χ0) is 20.8. The van der Waals surface area contributed by atoms with Crippen molar-refractivity contribution in [2.24, 2.45) is 11.8 Å².